The van der Waals surface area contributed by atoms with Crippen LogP contribution in [0.3, 0.4) is 0 Å². The van der Waals surface area contributed by atoms with E-state index in [-0.39, 0.29) is 18.9 Å². The maximum Gasteiger partial charge on any atom is 0.220 e. The molecule has 0 aliphatic carbocycles. The van der Waals surface area contributed by atoms with E-state index in [1.54, 1.807) is 6.08 Å². The number of unbranched alkanes of at least 4 members (excludes halogenated alkanes) is 26. The van der Waals surface area contributed by atoms with Crippen LogP contribution in [0.1, 0.15) is 239 Å². The third-order valence-corrected chi connectivity index (χ3v) is 17.4. The lowest BCUT2D eigenvalue weighted by atomic mass is 9.96. The molecule has 3 heterocycles. The number of aliphatic hydroxyl groups excluding tert-OH is 11. The summed E-state index contributed by atoms with van der Waals surface area (Å²) in [7, 11) is 0. The number of hydrogen-bond acceptors (Lipinski definition) is 18. The molecule has 0 aromatic heterocycles. The van der Waals surface area contributed by atoms with Gasteiger partial charge in [0.15, 0.2) is 18.9 Å². The second-order valence-electron chi connectivity index (χ2n) is 25.3. The molecule has 3 rings (SSSR count). The predicted molar refractivity (Wildman–Crippen MR) is 360 cm³/mol. The molecule has 0 aromatic rings. The van der Waals surface area contributed by atoms with Gasteiger partial charge in [-0.1, -0.05) is 234 Å². The zero-order chi connectivity index (χ0) is 66.8. The quantitative estimate of drug-likeness (QED) is 0.0199. The molecule has 17 atom stereocenters. The van der Waals surface area contributed by atoms with Crippen molar-refractivity contribution < 1.29 is 89.4 Å². The van der Waals surface area contributed by atoms with Gasteiger partial charge in [-0.2, -0.15) is 0 Å². The second kappa shape index (κ2) is 54.0. The highest BCUT2D eigenvalue weighted by Gasteiger charge is 2.53. The first-order chi connectivity index (χ1) is 44.8. The molecule has 17 unspecified atom stereocenters. The topological polar surface area (TPSA) is 307 Å². The Kier molecular flexibility index (Phi) is 48.9. The number of hydrogen-bond donors (Lipinski definition) is 12. The van der Waals surface area contributed by atoms with E-state index in [2.05, 4.69) is 92.1 Å². The van der Waals surface area contributed by atoms with Crippen LogP contribution in [0.4, 0.5) is 0 Å². The summed E-state index contributed by atoms with van der Waals surface area (Å²) in [5.41, 5.74) is 0. The van der Waals surface area contributed by atoms with Gasteiger partial charge in [0.25, 0.3) is 0 Å². The summed E-state index contributed by atoms with van der Waals surface area (Å²) >= 11 is 0. The van der Waals surface area contributed by atoms with E-state index in [9.17, 15) is 61.0 Å². The van der Waals surface area contributed by atoms with E-state index < -0.39 is 124 Å². The first kappa shape index (κ1) is 83.2. The number of rotatable bonds is 54. The standard InChI is InChI=1S/C73H127NO18/c1-3-5-7-9-11-13-15-17-19-21-23-24-25-26-27-28-29-30-31-33-34-36-38-40-42-44-46-48-50-57(78)56(74-61(79)51-49-47-45-43-41-39-37-35-32-22-20-18-16-14-12-10-8-6-4-2)55-87-71-67(85)64(82)69(59(53-76)89-71)92-73-68(86)65(83)70(60(54-77)90-73)91-72-66(84)63(81)62(80)58(52-75)88-72/h6,8,12,14,18,20,32-35,40,42,48,50,56-60,62-73,75-78,80-86H,3-5,7,9-11,13,15-17,19,21-31,36-39,41,43-47,49,51-55H2,1-2H3,(H,74,79)/b8-6-,14-12-,20-18-,34-33+,35-32-,42-40+,50-48+. The van der Waals surface area contributed by atoms with Crippen LogP contribution in [0.25, 0.3) is 0 Å². The van der Waals surface area contributed by atoms with Crippen molar-refractivity contribution >= 4 is 5.91 Å². The fourth-order valence-corrected chi connectivity index (χ4v) is 11.6. The van der Waals surface area contributed by atoms with Crippen molar-refractivity contribution in [3.8, 4) is 0 Å². The molecule has 1 amide bonds. The van der Waals surface area contributed by atoms with Gasteiger partial charge in [0.1, 0.15) is 73.2 Å². The molecule has 19 nitrogen and oxygen atoms in total. The fourth-order valence-electron chi connectivity index (χ4n) is 11.6. The SMILES string of the molecule is CC/C=C\C/C=C\C/C=C\C/C=C\CCCCCCCCC(=O)NC(COC1OC(CO)C(OC2OC(CO)C(OC3OC(CO)C(O)C(O)C3O)C(O)C2O)C(O)C1O)C(O)/C=C/CC/C=C/CC/C=C/CCCCCCCCCCCCCCCCCCCC. The first-order valence-electron chi connectivity index (χ1n) is 35.8. The molecule has 3 aliphatic heterocycles. The molecule has 3 fully saturated rings. The molecule has 0 aromatic carbocycles. The van der Waals surface area contributed by atoms with Gasteiger partial charge < -0.3 is 89.9 Å². The predicted octanol–water partition coefficient (Wildman–Crippen LogP) is 9.88. The third kappa shape index (κ3) is 35.3. The normalized spacial score (nSPS) is 28.2. The maximum absolute atomic E-state index is 13.4. The number of carbonyl (C=O) groups is 1. The lowest BCUT2D eigenvalue weighted by Crippen LogP contribution is -2.66. The summed E-state index contributed by atoms with van der Waals surface area (Å²) in [6, 6.07) is -1.01. The molecule has 0 bridgehead atoms. The van der Waals surface area contributed by atoms with Crippen LogP contribution in [0, 0.1) is 0 Å². The Labute approximate surface area is 552 Å². The van der Waals surface area contributed by atoms with E-state index in [4.69, 9.17) is 28.4 Å². The Balaban J connectivity index is 1.45. The van der Waals surface area contributed by atoms with Gasteiger partial charge in [-0.15, -0.1) is 0 Å². The van der Waals surface area contributed by atoms with Crippen molar-refractivity contribution in [2.75, 3.05) is 26.4 Å². The van der Waals surface area contributed by atoms with E-state index in [0.717, 1.165) is 89.9 Å². The number of aliphatic hydroxyl groups is 11. The molecule has 3 saturated heterocycles. The number of ether oxygens (including phenoxy) is 6. The van der Waals surface area contributed by atoms with Crippen LogP contribution in [0.2, 0.25) is 0 Å². The van der Waals surface area contributed by atoms with Crippen molar-refractivity contribution in [3.63, 3.8) is 0 Å². The Morgan fingerprint density at radius 1 is 0.402 bits per heavy atom. The smallest absolute Gasteiger partial charge is 0.220 e. The molecule has 3 aliphatic rings. The van der Waals surface area contributed by atoms with Gasteiger partial charge in [-0.05, 0) is 83.5 Å². The molecular formula is C73H127NO18. The molecule has 0 spiro atoms. The van der Waals surface area contributed by atoms with Crippen molar-refractivity contribution in [1.82, 2.24) is 5.32 Å². The zero-order valence-electron chi connectivity index (χ0n) is 56.3. The van der Waals surface area contributed by atoms with E-state index in [0.29, 0.717) is 12.8 Å². The summed E-state index contributed by atoms with van der Waals surface area (Å²) in [6.45, 7) is 1.59. The lowest BCUT2D eigenvalue weighted by molar-refractivity contribution is -0.379. The van der Waals surface area contributed by atoms with Crippen molar-refractivity contribution in [1.29, 1.82) is 0 Å². The van der Waals surface area contributed by atoms with Crippen LogP contribution in [0.5, 0.6) is 0 Å². The third-order valence-electron chi connectivity index (χ3n) is 17.4. The lowest BCUT2D eigenvalue weighted by Gasteiger charge is -2.48. The highest BCUT2D eigenvalue weighted by molar-refractivity contribution is 5.76. The summed E-state index contributed by atoms with van der Waals surface area (Å²) < 4.78 is 34.3. The van der Waals surface area contributed by atoms with Crippen molar-refractivity contribution in [2.45, 2.75) is 343 Å². The highest BCUT2D eigenvalue weighted by atomic mass is 16.8. The molecule has 12 N–H and O–H groups in total. The van der Waals surface area contributed by atoms with E-state index >= 15 is 0 Å². The average molecular weight is 1310 g/mol. The molecule has 19 heteroatoms. The van der Waals surface area contributed by atoms with Crippen LogP contribution >= 0.6 is 0 Å². The minimum atomic E-state index is -1.99. The summed E-state index contributed by atoms with van der Waals surface area (Å²) in [5.74, 6) is -0.306. The largest absolute Gasteiger partial charge is 0.394 e. The van der Waals surface area contributed by atoms with E-state index in [1.807, 2.05) is 6.08 Å². The van der Waals surface area contributed by atoms with Gasteiger partial charge in [-0.3, -0.25) is 4.79 Å². The van der Waals surface area contributed by atoms with Gasteiger partial charge >= 0.3 is 0 Å². The molecule has 532 valence electrons. The molecule has 0 radical (unpaired) electrons. The molecular weight excluding hydrogens is 1180 g/mol. The molecule has 92 heavy (non-hydrogen) atoms. The summed E-state index contributed by atoms with van der Waals surface area (Å²) in [6.07, 6.45) is 42.8. The van der Waals surface area contributed by atoms with Crippen LogP contribution in [-0.2, 0) is 33.2 Å². The van der Waals surface area contributed by atoms with Gasteiger partial charge in [-0.25, -0.2) is 0 Å². The van der Waals surface area contributed by atoms with Crippen LogP contribution in [0.15, 0.2) is 85.1 Å². The number of amides is 1. The maximum atomic E-state index is 13.4. The Morgan fingerprint density at radius 2 is 0.761 bits per heavy atom. The Morgan fingerprint density at radius 3 is 1.22 bits per heavy atom. The molecule has 0 saturated carbocycles. The minimum absolute atomic E-state index is 0.211. The highest BCUT2D eigenvalue weighted by Crippen LogP contribution is 2.33. The number of carbonyl (C=O) groups excluding carboxylic acids is 1. The fraction of sp³-hybridized carbons (Fsp3) is 0.795. The summed E-state index contributed by atoms with van der Waals surface area (Å²) in [4.78, 5) is 13.4. The number of nitrogens with one attached hydrogen (secondary N) is 1. The van der Waals surface area contributed by atoms with Crippen LogP contribution in [-0.4, -0.2) is 193 Å². The van der Waals surface area contributed by atoms with Gasteiger partial charge in [0.05, 0.1) is 38.6 Å². The van der Waals surface area contributed by atoms with Crippen LogP contribution < -0.4 is 5.32 Å². The Hall–Kier alpha value is -3.03. The van der Waals surface area contributed by atoms with Crippen molar-refractivity contribution in [3.05, 3.63) is 85.1 Å². The second-order valence-corrected chi connectivity index (χ2v) is 25.3. The zero-order valence-corrected chi connectivity index (χ0v) is 56.3. The Bertz CT molecular complexity index is 2000. The van der Waals surface area contributed by atoms with E-state index in [1.165, 1.54) is 116 Å². The van der Waals surface area contributed by atoms with Gasteiger partial charge in [0, 0.05) is 6.42 Å². The number of allylic oxidation sites excluding steroid dienone is 13. The minimum Gasteiger partial charge on any atom is -0.394 e. The van der Waals surface area contributed by atoms with Crippen molar-refractivity contribution in [2.24, 2.45) is 0 Å². The average Bonchev–Trinajstić information content (AvgIpc) is 0.855. The summed E-state index contributed by atoms with van der Waals surface area (Å²) in [5, 5.41) is 121. The first-order valence-corrected chi connectivity index (χ1v) is 35.8. The monoisotopic (exact) mass is 1310 g/mol. The van der Waals surface area contributed by atoms with Gasteiger partial charge in [0.2, 0.25) is 5.91 Å².